The topological polar surface area (TPSA) is 24.7 Å². The fourth-order valence-electron chi connectivity index (χ4n) is 1.77. The Labute approximate surface area is 96.5 Å². The summed E-state index contributed by atoms with van der Waals surface area (Å²) in [6, 6.07) is 0. The molecule has 0 saturated heterocycles. The van der Waals surface area contributed by atoms with Crippen LogP contribution in [0.3, 0.4) is 0 Å². The van der Waals surface area contributed by atoms with Crippen LogP contribution in [-0.2, 0) is 0 Å². The molecule has 0 bridgehead atoms. The van der Waals surface area contributed by atoms with Gasteiger partial charge in [0.25, 0.3) is 0 Å². The molecule has 2 heteroatoms. The van der Waals surface area contributed by atoms with Gasteiger partial charge in [0.15, 0.2) is 0 Å². The first-order valence-electron chi connectivity index (χ1n) is 5.74. The van der Waals surface area contributed by atoms with Gasteiger partial charge >= 0.3 is 0 Å². The Hall–Kier alpha value is -1.70. The molecule has 0 unspecified atom stereocenters. The summed E-state index contributed by atoms with van der Waals surface area (Å²) in [6.07, 6.45) is 20.6. The van der Waals surface area contributed by atoms with Crippen LogP contribution in [-0.4, -0.2) is 11.9 Å². The third kappa shape index (κ3) is 3.16. The number of hydrogen-bond acceptors (Lipinski definition) is 2. The molecule has 2 nitrogen and oxygen atoms in total. The molecule has 0 saturated carbocycles. The first-order valence-corrected chi connectivity index (χ1v) is 5.74. The van der Waals surface area contributed by atoms with Crippen molar-refractivity contribution in [1.29, 1.82) is 0 Å². The lowest BCUT2D eigenvalue weighted by molar-refractivity contribution is 0.980. The Balaban J connectivity index is 2.16. The van der Waals surface area contributed by atoms with E-state index in [1.807, 2.05) is 6.08 Å². The van der Waals surface area contributed by atoms with E-state index in [1.54, 1.807) is 6.21 Å². The Kier molecular flexibility index (Phi) is 4.06. The standard InChI is InChI=1S/C14H16N2/c1-2-5-9-13(10-6-3-1)14-11-7-4-8-12-15-16-14/h1-5,8-9,12H,6-7,10-11H2/b3-1-,5-2-,8-4-,13-9+,15-12-,16-14+. The van der Waals surface area contributed by atoms with E-state index in [0.717, 1.165) is 31.4 Å². The van der Waals surface area contributed by atoms with E-state index >= 15 is 0 Å². The molecule has 0 spiro atoms. The van der Waals surface area contributed by atoms with Gasteiger partial charge in [0, 0.05) is 6.21 Å². The largest absolute Gasteiger partial charge is 0.159 e. The minimum atomic E-state index is 0.983. The van der Waals surface area contributed by atoms with Crippen LogP contribution in [0.25, 0.3) is 0 Å². The lowest BCUT2D eigenvalue weighted by atomic mass is 9.99. The summed E-state index contributed by atoms with van der Waals surface area (Å²) < 4.78 is 0. The van der Waals surface area contributed by atoms with Crippen LogP contribution in [0.2, 0.25) is 0 Å². The Morgan fingerprint density at radius 3 is 2.75 bits per heavy atom. The molecule has 0 fully saturated rings. The highest BCUT2D eigenvalue weighted by Crippen LogP contribution is 2.15. The van der Waals surface area contributed by atoms with E-state index in [-0.39, 0.29) is 0 Å². The van der Waals surface area contributed by atoms with Crippen LogP contribution < -0.4 is 0 Å². The highest BCUT2D eigenvalue weighted by molar-refractivity contribution is 6.00. The van der Waals surface area contributed by atoms with E-state index < -0.39 is 0 Å². The van der Waals surface area contributed by atoms with Gasteiger partial charge in [0.05, 0.1) is 5.71 Å². The van der Waals surface area contributed by atoms with E-state index in [1.165, 1.54) is 5.57 Å². The lowest BCUT2D eigenvalue weighted by Gasteiger charge is -2.09. The van der Waals surface area contributed by atoms with Crippen molar-refractivity contribution in [3.8, 4) is 0 Å². The second-order valence-corrected chi connectivity index (χ2v) is 3.82. The minimum absolute atomic E-state index is 0.983. The van der Waals surface area contributed by atoms with Crippen molar-refractivity contribution < 1.29 is 0 Å². The van der Waals surface area contributed by atoms with Crippen molar-refractivity contribution in [2.24, 2.45) is 10.2 Å². The van der Waals surface area contributed by atoms with Crippen LogP contribution in [0.15, 0.2) is 58.3 Å². The zero-order valence-corrected chi connectivity index (χ0v) is 9.34. The van der Waals surface area contributed by atoms with Gasteiger partial charge in [-0.25, -0.2) is 0 Å². The van der Waals surface area contributed by atoms with Crippen molar-refractivity contribution in [2.75, 3.05) is 0 Å². The average molecular weight is 212 g/mol. The summed E-state index contributed by atoms with van der Waals surface area (Å²) >= 11 is 0. The molecule has 1 heterocycles. The Morgan fingerprint density at radius 2 is 1.75 bits per heavy atom. The van der Waals surface area contributed by atoms with Crippen molar-refractivity contribution in [3.05, 3.63) is 48.1 Å². The fraction of sp³-hybridized carbons (Fsp3) is 0.286. The predicted molar refractivity (Wildman–Crippen MR) is 69.9 cm³/mol. The third-order valence-electron chi connectivity index (χ3n) is 2.62. The first-order chi connectivity index (χ1) is 7.97. The maximum absolute atomic E-state index is 4.29. The third-order valence-corrected chi connectivity index (χ3v) is 2.62. The van der Waals surface area contributed by atoms with E-state index in [0.29, 0.717) is 0 Å². The van der Waals surface area contributed by atoms with Gasteiger partial charge in [-0.05, 0) is 37.3 Å². The SMILES string of the molecule is C1=C\C=C(\C2=N\N=C/C=C\CC2)CC\C=C/1. The van der Waals surface area contributed by atoms with Crippen LogP contribution >= 0.6 is 0 Å². The molecule has 0 aromatic carbocycles. The Bertz CT molecular complexity index is 366. The zero-order chi connectivity index (χ0) is 11.1. The molecular formula is C14H16N2. The monoisotopic (exact) mass is 212 g/mol. The van der Waals surface area contributed by atoms with E-state index in [2.05, 4.69) is 46.7 Å². The van der Waals surface area contributed by atoms with Gasteiger partial charge in [-0.2, -0.15) is 10.2 Å². The highest BCUT2D eigenvalue weighted by Gasteiger charge is 2.06. The number of rotatable bonds is 1. The summed E-state index contributed by atoms with van der Waals surface area (Å²) in [5.74, 6) is 0. The second kappa shape index (κ2) is 6.01. The quantitative estimate of drug-likeness (QED) is 0.634. The van der Waals surface area contributed by atoms with Crippen molar-refractivity contribution in [3.63, 3.8) is 0 Å². The van der Waals surface area contributed by atoms with Gasteiger partial charge in [-0.1, -0.05) is 36.5 Å². The molecule has 0 N–H and O–H groups in total. The number of nitrogens with zero attached hydrogens (tertiary/aromatic N) is 2. The van der Waals surface area contributed by atoms with Gasteiger partial charge in [-0.15, -0.1) is 0 Å². The molecule has 0 amide bonds. The van der Waals surface area contributed by atoms with Crippen LogP contribution in [0.1, 0.15) is 25.7 Å². The number of hydrogen-bond donors (Lipinski definition) is 0. The average Bonchev–Trinajstić information content (AvgIpc) is 2.18. The fourth-order valence-corrected chi connectivity index (χ4v) is 1.77. The molecule has 0 atom stereocenters. The van der Waals surface area contributed by atoms with Gasteiger partial charge < -0.3 is 0 Å². The van der Waals surface area contributed by atoms with Crippen molar-refractivity contribution >= 4 is 11.9 Å². The van der Waals surface area contributed by atoms with Gasteiger partial charge in [0.1, 0.15) is 0 Å². The lowest BCUT2D eigenvalue weighted by Crippen LogP contribution is -2.03. The molecule has 16 heavy (non-hydrogen) atoms. The van der Waals surface area contributed by atoms with E-state index in [4.69, 9.17) is 0 Å². The summed E-state index contributed by atoms with van der Waals surface area (Å²) in [7, 11) is 0. The zero-order valence-electron chi connectivity index (χ0n) is 9.34. The highest BCUT2D eigenvalue weighted by atomic mass is 15.2. The first kappa shape index (κ1) is 10.8. The summed E-state index contributed by atoms with van der Waals surface area (Å²) in [6.45, 7) is 0. The molecule has 2 rings (SSSR count). The Morgan fingerprint density at radius 1 is 0.875 bits per heavy atom. The molecular weight excluding hydrogens is 196 g/mol. The second-order valence-electron chi connectivity index (χ2n) is 3.82. The van der Waals surface area contributed by atoms with Gasteiger partial charge in [0.2, 0.25) is 0 Å². The summed E-state index contributed by atoms with van der Waals surface area (Å²) in [5.41, 5.74) is 2.44. The molecule has 0 aromatic heterocycles. The van der Waals surface area contributed by atoms with Gasteiger partial charge in [-0.3, -0.25) is 0 Å². The van der Waals surface area contributed by atoms with Crippen molar-refractivity contribution in [2.45, 2.75) is 25.7 Å². The smallest absolute Gasteiger partial charge is 0.0665 e. The number of allylic oxidation sites excluding steroid dienone is 8. The normalized spacial score (nSPS) is 35.0. The predicted octanol–water partition coefficient (Wildman–Crippen LogP) is 3.60. The van der Waals surface area contributed by atoms with Crippen LogP contribution in [0.5, 0.6) is 0 Å². The van der Waals surface area contributed by atoms with Crippen molar-refractivity contribution in [1.82, 2.24) is 0 Å². The maximum Gasteiger partial charge on any atom is 0.0665 e. The summed E-state index contributed by atoms with van der Waals surface area (Å²) in [4.78, 5) is 0. The van der Waals surface area contributed by atoms with Crippen LogP contribution in [0, 0.1) is 0 Å². The molecule has 1 aliphatic heterocycles. The molecule has 0 radical (unpaired) electrons. The van der Waals surface area contributed by atoms with Crippen LogP contribution in [0.4, 0.5) is 0 Å². The molecule has 2 aliphatic rings. The minimum Gasteiger partial charge on any atom is -0.159 e. The van der Waals surface area contributed by atoms with E-state index in [9.17, 15) is 0 Å². The summed E-state index contributed by atoms with van der Waals surface area (Å²) in [5, 5.41) is 8.32. The molecule has 1 aliphatic carbocycles. The maximum atomic E-state index is 4.29. The molecule has 0 aromatic rings. The molecule has 82 valence electrons.